The Morgan fingerprint density at radius 2 is 0.826 bits per heavy atom. The van der Waals surface area contributed by atoms with Crippen molar-refractivity contribution in [3.63, 3.8) is 0 Å². The summed E-state index contributed by atoms with van der Waals surface area (Å²) in [6.45, 7) is 9.98. The van der Waals surface area contributed by atoms with E-state index in [4.69, 9.17) is 9.47 Å². The van der Waals surface area contributed by atoms with Crippen molar-refractivity contribution in [2.24, 2.45) is 0 Å². The third kappa shape index (κ3) is 34.2. The number of unbranched alkanes of at least 4 members (excludes halogenated alkanes) is 19. The maximum Gasteiger partial charge on any atom is 0.157 e. The number of ether oxygens (including phenoxy) is 2. The molecule has 0 aromatic carbocycles. The van der Waals surface area contributed by atoms with Crippen molar-refractivity contribution >= 4 is 0 Å². The molecule has 0 radical (unpaired) electrons. The van der Waals surface area contributed by atoms with Crippen LogP contribution >= 0.6 is 0 Å². The molecule has 1 unspecified atom stereocenters. The molecule has 1 heterocycles. The van der Waals surface area contributed by atoms with E-state index in [1.54, 1.807) is 0 Å². The summed E-state index contributed by atoms with van der Waals surface area (Å²) in [5, 5.41) is 0. The number of allylic oxidation sites excluding steroid dienone is 8. The highest BCUT2D eigenvalue weighted by atomic mass is 16.7. The summed E-state index contributed by atoms with van der Waals surface area (Å²) in [6, 6.07) is 0. The van der Waals surface area contributed by atoms with Crippen molar-refractivity contribution in [3.05, 3.63) is 48.6 Å². The van der Waals surface area contributed by atoms with E-state index in [2.05, 4.69) is 67.4 Å². The quantitative estimate of drug-likeness (QED) is 0.0291. The Morgan fingerprint density at radius 1 is 0.435 bits per heavy atom. The maximum atomic E-state index is 6.25. The SMILES string of the molecule is CCCCC/C=C\C/C=C\CCCCCCCCCC(OCCCCCCCC/C=C\C/C=C\CCCCC)OCCCN1CC1. The second kappa shape index (κ2) is 36.7. The van der Waals surface area contributed by atoms with Crippen molar-refractivity contribution in [3.8, 4) is 0 Å². The molecular formula is C43H79NO2. The van der Waals surface area contributed by atoms with E-state index in [0.717, 1.165) is 38.9 Å². The van der Waals surface area contributed by atoms with Crippen LogP contribution in [0.25, 0.3) is 0 Å². The molecular weight excluding hydrogens is 562 g/mol. The van der Waals surface area contributed by atoms with Gasteiger partial charge in [0.1, 0.15) is 0 Å². The molecule has 1 atom stereocenters. The molecule has 0 amide bonds. The van der Waals surface area contributed by atoms with Crippen molar-refractivity contribution < 1.29 is 9.47 Å². The first-order valence-corrected chi connectivity index (χ1v) is 20.4. The average Bonchev–Trinajstić information content (AvgIpc) is 3.90. The molecule has 1 rings (SSSR count). The van der Waals surface area contributed by atoms with Crippen LogP contribution in [0, 0.1) is 0 Å². The Balaban J connectivity index is 1.98. The first-order valence-electron chi connectivity index (χ1n) is 20.4. The minimum atomic E-state index is 0.00477. The average molecular weight is 642 g/mol. The molecule has 0 aliphatic carbocycles. The van der Waals surface area contributed by atoms with Crippen molar-refractivity contribution in [1.82, 2.24) is 4.90 Å². The summed E-state index contributed by atoms with van der Waals surface area (Å²) >= 11 is 0. The summed E-state index contributed by atoms with van der Waals surface area (Å²) < 4.78 is 12.5. The van der Waals surface area contributed by atoms with Gasteiger partial charge >= 0.3 is 0 Å². The van der Waals surface area contributed by atoms with Gasteiger partial charge in [0, 0.05) is 26.2 Å². The number of hydrogen-bond acceptors (Lipinski definition) is 3. The smallest absolute Gasteiger partial charge is 0.157 e. The van der Waals surface area contributed by atoms with Gasteiger partial charge in [-0.2, -0.15) is 0 Å². The molecule has 1 fully saturated rings. The molecule has 268 valence electrons. The maximum absolute atomic E-state index is 6.25. The van der Waals surface area contributed by atoms with Crippen molar-refractivity contribution in [1.29, 1.82) is 0 Å². The van der Waals surface area contributed by atoms with Gasteiger partial charge in [0.05, 0.1) is 6.61 Å². The van der Waals surface area contributed by atoms with E-state index < -0.39 is 0 Å². The van der Waals surface area contributed by atoms with Crippen LogP contribution in [-0.2, 0) is 9.47 Å². The van der Waals surface area contributed by atoms with Gasteiger partial charge in [0.2, 0.25) is 0 Å². The highest BCUT2D eigenvalue weighted by Gasteiger charge is 2.16. The van der Waals surface area contributed by atoms with Gasteiger partial charge in [-0.15, -0.1) is 0 Å². The summed E-state index contributed by atoms with van der Waals surface area (Å²) in [7, 11) is 0. The van der Waals surface area contributed by atoms with Gasteiger partial charge in [-0.25, -0.2) is 0 Å². The Hall–Kier alpha value is -1.16. The molecule has 46 heavy (non-hydrogen) atoms. The molecule has 1 aliphatic heterocycles. The summed E-state index contributed by atoms with van der Waals surface area (Å²) in [5.41, 5.74) is 0. The second-order valence-corrected chi connectivity index (χ2v) is 13.7. The Morgan fingerprint density at radius 3 is 1.28 bits per heavy atom. The molecule has 0 spiro atoms. The van der Waals surface area contributed by atoms with Crippen LogP contribution in [0.3, 0.4) is 0 Å². The van der Waals surface area contributed by atoms with E-state index in [1.807, 2.05) is 0 Å². The minimum Gasteiger partial charge on any atom is -0.353 e. The Labute approximate surface area is 288 Å². The van der Waals surface area contributed by atoms with Gasteiger partial charge in [-0.3, -0.25) is 0 Å². The molecule has 0 aromatic rings. The van der Waals surface area contributed by atoms with Crippen LogP contribution in [0.5, 0.6) is 0 Å². The predicted molar refractivity (Wildman–Crippen MR) is 205 cm³/mol. The number of nitrogens with zero attached hydrogens (tertiary/aromatic N) is 1. The molecule has 0 aromatic heterocycles. The standard InChI is InChI=1S/C43H79NO2/c1-3-5-7-9-11-13-15-17-19-21-22-24-26-28-30-32-34-37-43(46-42-36-38-44-39-40-44)45-41-35-33-31-29-27-25-23-20-18-16-14-12-10-8-6-4-2/h11-14,17-20,43H,3-10,15-16,21-42H2,1-2H3/b13-11-,14-12-,19-17-,20-18-. The lowest BCUT2D eigenvalue weighted by atomic mass is 10.1. The van der Waals surface area contributed by atoms with Crippen LogP contribution in [-0.4, -0.2) is 44.0 Å². The molecule has 3 nitrogen and oxygen atoms in total. The largest absolute Gasteiger partial charge is 0.353 e. The minimum absolute atomic E-state index is 0.00477. The molecule has 1 saturated heterocycles. The number of rotatable bonds is 37. The van der Waals surface area contributed by atoms with Gasteiger partial charge in [0.25, 0.3) is 0 Å². The fraction of sp³-hybridized carbons (Fsp3) is 0.814. The normalized spacial score (nSPS) is 14.7. The zero-order chi connectivity index (χ0) is 32.9. The van der Waals surface area contributed by atoms with Crippen LogP contribution in [0.4, 0.5) is 0 Å². The van der Waals surface area contributed by atoms with Crippen molar-refractivity contribution in [2.45, 2.75) is 193 Å². The Bertz CT molecular complexity index is 658. The van der Waals surface area contributed by atoms with E-state index in [0.29, 0.717) is 0 Å². The second-order valence-electron chi connectivity index (χ2n) is 13.7. The van der Waals surface area contributed by atoms with Crippen molar-refractivity contribution in [2.75, 3.05) is 32.8 Å². The summed E-state index contributed by atoms with van der Waals surface area (Å²) in [6.07, 6.45) is 53.4. The van der Waals surface area contributed by atoms with E-state index in [9.17, 15) is 0 Å². The first kappa shape index (κ1) is 42.9. The Kier molecular flexibility index (Phi) is 34.2. The third-order valence-corrected chi connectivity index (χ3v) is 9.00. The zero-order valence-corrected chi connectivity index (χ0v) is 31.1. The molecule has 0 N–H and O–H groups in total. The van der Waals surface area contributed by atoms with E-state index in [-0.39, 0.29) is 6.29 Å². The lowest BCUT2D eigenvalue weighted by Gasteiger charge is -2.19. The predicted octanol–water partition coefficient (Wildman–Crippen LogP) is 13.5. The van der Waals surface area contributed by atoms with E-state index in [1.165, 1.54) is 167 Å². The topological polar surface area (TPSA) is 21.5 Å². The monoisotopic (exact) mass is 642 g/mol. The lowest BCUT2D eigenvalue weighted by molar-refractivity contribution is -0.148. The van der Waals surface area contributed by atoms with Crippen LogP contribution < -0.4 is 0 Å². The summed E-state index contributed by atoms with van der Waals surface area (Å²) in [4.78, 5) is 2.48. The molecule has 1 aliphatic rings. The summed E-state index contributed by atoms with van der Waals surface area (Å²) in [5.74, 6) is 0. The zero-order valence-electron chi connectivity index (χ0n) is 31.1. The highest BCUT2D eigenvalue weighted by Crippen LogP contribution is 2.15. The fourth-order valence-electron chi connectivity index (χ4n) is 5.79. The van der Waals surface area contributed by atoms with Gasteiger partial charge < -0.3 is 14.4 Å². The number of hydrogen-bond donors (Lipinski definition) is 0. The van der Waals surface area contributed by atoms with Gasteiger partial charge in [0.15, 0.2) is 6.29 Å². The van der Waals surface area contributed by atoms with Gasteiger partial charge in [-0.05, 0) is 89.9 Å². The third-order valence-electron chi connectivity index (χ3n) is 9.00. The molecule has 3 heteroatoms. The first-order chi connectivity index (χ1) is 22.9. The lowest BCUT2D eigenvalue weighted by Crippen LogP contribution is -2.20. The van der Waals surface area contributed by atoms with E-state index >= 15 is 0 Å². The van der Waals surface area contributed by atoms with Crippen LogP contribution in [0.15, 0.2) is 48.6 Å². The fourth-order valence-corrected chi connectivity index (χ4v) is 5.79. The van der Waals surface area contributed by atoms with Gasteiger partial charge in [-0.1, -0.05) is 146 Å². The van der Waals surface area contributed by atoms with Crippen LogP contribution in [0.2, 0.25) is 0 Å². The molecule has 0 saturated carbocycles. The highest BCUT2D eigenvalue weighted by molar-refractivity contribution is 4.93. The molecule has 0 bridgehead atoms. The van der Waals surface area contributed by atoms with Crippen LogP contribution in [0.1, 0.15) is 187 Å².